The number of aromatic nitrogens is 3. The first-order valence-electron chi connectivity index (χ1n) is 8.30. The quantitative estimate of drug-likeness (QED) is 0.457. The van der Waals surface area contributed by atoms with Crippen molar-refractivity contribution in [1.29, 1.82) is 0 Å². The molecule has 0 atom stereocenters. The number of halogens is 1. The van der Waals surface area contributed by atoms with Gasteiger partial charge in [-0.3, -0.25) is 4.79 Å². The van der Waals surface area contributed by atoms with E-state index in [0.717, 1.165) is 17.0 Å². The Balaban J connectivity index is 1.69. The van der Waals surface area contributed by atoms with Crippen LogP contribution >= 0.6 is 11.8 Å². The molecule has 0 aliphatic rings. The van der Waals surface area contributed by atoms with E-state index in [0.29, 0.717) is 22.7 Å². The number of Topliss-reactive ketones (excluding diaryl/α,β-unsaturated/α-hetero) is 1. The highest BCUT2D eigenvalue weighted by atomic mass is 32.2. The van der Waals surface area contributed by atoms with Crippen molar-refractivity contribution in [2.75, 3.05) is 5.75 Å². The summed E-state index contributed by atoms with van der Waals surface area (Å²) in [6.07, 6.45) is 0. The normalized spacial score (nSPS) is 11.3. The molecule has 0 unspecified atom stereocenters. The molecule has 3 aromatic rings. The molecule has 0 aliphatic heterocycles. The molecule has 0 radical (unpaired) electrons. The molecule has 3 rings (SSSR count). The molecule has 0 aliphatic carbocycles. The third-order valence-electron chi connectivity index (χ3n) is 4.13. The average molecular weight is 373 g/mol. The van der Waals surface area contributed by atoms with Crippen LogP contribution in [0.3, 0.4) is 0 Å². The Labute approximate surface area is 155 Å². The molecule has 0 amide bonds. The fourth-order valence-corrected chi connectivity index (χ4v) is 3.68. The molecule has 1 aromatic carbocycles. The number of thioether (sulfide) groups is 1. The summed E-state index contributed by atoms with van der Waals surface area (Å²) in [6.45, 7) is 8.16. The van der Waals surface area contributed by atoms with Crippen molar-refractivity contribution in [1.82, 2.24) is 14.8 Å². The van der Waals surface area contributed by atoms with Crippen LogP contribution < -0.4 is 0 Å². The third-order valence-corrected chi connectivity index (χ3v) is 4.94. The van der Waals surface area contributed by atoms with Gasteiger partial charge in [0.25, 0.3) is 5.22 Å². The standard InChI is InChI=1S/C19H20FN3O2S/c1-11(2)23-12(3)9-16(13(23)4)17(24)10-26-19-22-21-18(25-19)14-5-7-15(20)8-6-14/h5-9,11H,10H2,1-4H3. The Morgan fingerprint density at radius 1 is 1.23 bits per heavy atom. The number of hydrogen-bond donors (Lipinski definition) is 0. The van der Waals surface area contributed by atoms with Crippen molar-refractivity contribution in [2.45, 2.75) is 39.0 Å². The minimum Gasteiger partial charge on any atom is -0.411 e. The van der Waals surface area contributed by atoms with Crippen molar-refractivity contribution in [3.05, 3.63) is 53.1 Å². The summed E-state index contributed by atoms with van der Waals surface area (Å²) >= 11 is 1.20. The van der Waals surface area contributed by atoms with Crippen LogP contribution in [0.4, 0.5) is 4.39 Å². The first kappa shape index (κ1) is 18.4. The van der Waals surface area contributed by atoms with Gasteiger partial charge in [0.15, 0.2) is 5.78 Å². The highest BCUT2D eigenvalue weighted by molar-refractivity contribution is 7.99. The lowest BCUT2D eigenvalue weighted by molar-refractivity contribution is 0.102. The van der Waals surface area contributed by atoms with Gasteiger partial charge in [-0.2, -0.15) is 0 Å². The lowest BCUT2D eigenvalue weighted by atomic mass is 10.2. The van der Waals surface area contributed by atoms with Crippen LogP contribution in [-0.4, -0.2) is 26.3 Å². The van der Waals surface area contributed by atoms with Gasteiger partial charge in [-0.15, -0.1) is 10.2 Å². The first-order valence-corrected chi connectivity index (χ1v) is 9.29. The van der Waals surface area contributed by atoms with Crippen molar-refractivity contribution < 1.29 is 13.6 Å². The summed E-state index contributed by atoms with van der Waals surface area (Å²) in [5, 5.41) is 8.21. The molecule has 0 fully saturated rings. The average Bonchev–Trinajstić information content (AvgIpc) is 3.18. The summed E-state index contributed by atoms with van der Waals surface area (Å²) < 4.78 is 20.7. The van der Waals surface area contributed by atoms with E-state index >= 15 is 0 Å². The van der Waals surface area contributed by atoms with Gasteiger partial charge in [0, 0.05) is 28.6 Å². The van der Waals surface area contributed by atoms with E-state index in [9.17, 15) is 9.18 Å². The molecule has 0 N–H and O–H groups in total. The van der Waals surface area contributed by atoms with Crippen molar-refractivity contribution in [2.24, 2.45) is 0 Å². The van der Waals surface area contributed by atoms with Gasteiger partial charge in [-0.05, 0) is 58.0 Å². The zero-order valence-corrected chi connectivity index (χ0v) is 15.9. The SMILES string of the molecule is Cc1cc(C(=O)CSc2nnc(-c3ccc(F)cc3)o2)c(C)n1C(C)C. The second kappa shape index (κ2) is 7.45. The third kappa shape index (κ3) is 3.72. The zero-order chi connectivity index (χ0) is 18.8. The van der Waals surface area contributed by atoms with Crippen LogP contribution in [-0.2, 0) is 0 Å². The largest absolute Gasteiger partial charge is 0.411 e. The summed E-state index contributed by atoms with van der Waals surface area (Å²) in [7, 11) is 0. The minimum atomic E-state index is -0.326. The van der Waals surface area contributed by atoms with Crippen LogP contribution in [0, 0.1) is 19.7 Å². The fourth-order valence-electron chi connectivity index (χ4n) is 3.04. The molecule has 0 saturated carbocycles. The Kier molecular flexibility index (Phi) is 5.27. The van der Waals surface area contributed by atoms with Crippen LogP contribution in [0.25, 0.3) is 11.5 Å². The van der Waals surface area contributed by atoms with E-state index < -0.39 is 0 Å². The van der Waals surface area contributed by atoms with Gasteiger partial charge < -0.3 is 8.98 Å². The van der Waals surface area contributed by atoms with Crippen LogP contribution in [0.15, 0.2) is 40.0 Å². The Morgan fingerprint density at radius 3 is 2.54 bits per heavy atom. The molecule has 7 heteroatoms. The molecular weight excluding hydrogens is 353 g/mol. The smallest absolute Gasteiger partial charge is 0.277 e. The summed E-state index contributed by atoms with van der Waals surface area (Å²) in [5.74, 6) is 0.217. The van der Waals surface area contributed by atoms with Crippen molar-refractivity contribution in [3.8, 4) is 11.5 Å². The number of benzene rings is 1. The van der Waals surface area contributed by atoms with E-state index in [1.807, 2.05) is 19.9 Å². The van der Waals surface area contributed by atoms with Gasteiger partial charge in [-0.1, -0.05) is 11.8 Å². The predicted octanol–water partition coefficient (Wildman–Crippen LogP) is 4.85. The molecule has 2 aromatic heterocycles. The van der Waals surface area contributed by atoms with Gasteiger partial charge in [-0.25, -0.2) is 4.39 Å². The maximum atomic E-state index is 13.0. The molecule has 0 saturated heterocycles. The predicted molar refractivity (Wildman–Crippen MR) is 99.0 cm³/mol. The molecule has 26 heavy (non-hydrogen) atoms. The van der Waals surface area contributed by atoms with E-state index in [1.165, 1.54) is 23.9 Å². The summed E-state index contributed by atoms with van der Waals surface area (Å²) in [6, 6.07) is 8.04. The number of hydrogen-bond acceptors (Lipinski definition) is 5. The fraction of sp³-hybridized carbons (Fsp3) is 0.316. The molecule has 2 heterocycles. The molecular formula is C19H20FN3O2S. The topological polar surface area (TPSA) is 60.9 Å². The zero-order valence-electron chi connectivity index (χ0n) is 15.1. The summed E-state index contributed by atoms with van der Waals surface area (Å²) in [5.41, 5.74) is 3.40. The lowest BCUT2D eigenvalue weighted by Crippen LogP contribution is -2.08. The van der Waals surface area contributed by atoms with Crippen molar-refractivity contribution in [3.63, 3.8) is 0 Å². The summed E-state index contributed by atoms with van der Waals surface area (Å²) in [4.78, 5) is 12.6. The van der Waals surface area contributed by atoms with Gasteiger partial charge >= 0.3 is 0 Å². The van der Waals surface area contributed by atoms with Crippen LogP contribution in [0.2, 0.25) is 0 Å². The number of rotatable bonds is 6. The second-order valence-corrected chi connectivity index (χ2v) is 7.27. The van der Waals surface area contributed by atoms with Gasteiger partial charge in [0.2, 0.25) is 5.89 Å². The number of carbonyl (C=O) groups is 1. The highest BCUT2D eigenvalue weighted by Gasteiger charge is 2.18. The van der Waals surface area contributed by atoms with Crippen LogP contribution in [0.5, 0.6) is 0 Å². The van der Waals surface area contributed by atoms with Crippen LogP contribution in [0.1, 0.15) is 41.6 Å². The molecule has 5 nitrogen and oxygen atoms in total. The Morgan fingerprint density at radius 2 is 1.92 bits per heavy atom. The second-order valence-electron chi connectivity index (χ2n) is 6.34. The van der Waals surface area contributed by atoms with E-state index in [4.69, 9.17) is 4.42 Å². The number of carbonyl (C=O) groups excluding carboxylic acids is 1. The lowest BCUT2D eigenvalue weighted by Gasteiger charge is -2.13. The van der Waals surface area contributed by atoms with Gasteiger partial charge in [0.1, 0.15) is 5.82 Å². The van der Waals surface area contributed by atoms with E-state index in [1.54, 1.807) is 12.1 Å². The first-order chi connectivity index (χ1) is 12.4. The highest BCUT2D eigenvalue weighted by Crippen LogP contribution is 2.26. The van der Waals surface area contributed by atoms with Gasteiger partial charge in [0.05, 0.1) is 5.75 Å². The Bertz CT molecular complexity index is 929. The molecule has 136 valence electrons. The Hall–Kier alpha value is -2.41. The minimum absolute atomic E-state index is 0.0246. The molecule has 0 bridgehead atoms. The monoisotopic (exact) mass is 373 g/mol. The maximum Gasteiger partial charge on any atom is 0.277 e. The number of nitrogens with zero attached hydrogens (tertiary/aromatic N) is 3. The van der Waals surface area contributed by atoms with Crippen molar-refractivity contribution >= 4 is 17.5 Å². The van der Waals surface area contributed by atoms with E-state index in [-0.39, 0.29) is 17.4 Å². The number of aryl methyl sites for hydroxylation is 1. The number of ketones is 1. The maximum absolute atomic E-state index is 13.0. The molecule has 0 spiro atoms. The van der Waals surface area contributed by atoms with E-state index in [2.05, 4.69) is 28.6 Å².